The summed E-state index contributed by atoms with van der Waals surface area (Å²) in [5, 5.41) is 3.22. The molecule has 0 unspecified atom stereocenters. The highest BCUT2D eigenvalue weighted by molar-refractivity contribution is 7.91. The molecule has 0 aromatic heterocycles. The van der Waals surface area contributed by atoms with Crippen molar-refractivity contribution >= 4 is 33.2 Å². The predicted molar refractivity (Wildman–Crippen MR) is 103 cm³/mol. The van der Waals surface area contributed by atoms with E-state index in [1.807, 2.05) is 0 Å². The number of sulfonamides is 1. The molecule has 0 heterocycles. The minimum absolute atomic E-state index is 0.115. The Morgan fingerprint density at radius 1 is 1.12 bits per heavy atom. The summed E-state index contributed by atoms with van der Waals surface area (Å²) >= 11 is 5.88. The third kappa shape index (κ3) is 7.03. The van der Waals surface area contributed by atoms with Gasteiger partial charge < -0.3 is 10.1 Å². The summed E-state index contributed by atoms with van der Waals surface area (Å²) in [6.45, 7) is 0.913. The molecule has 0 saturated carbocycles. The average Bonchev–Trinajstić information content (AvgIpc) is 2.56. The lowest BCUT2D eigenvalue weighted by molar-refractivity contribution is -0.120. The molecule has 2 aromatic carbocycles. The van der Waals surface area contributed by atoms with E-state index in [2.05, 4.69) is 10.0 Å². The number of methoxy groups -OCH3 is 1. The third-order valence-electron chi connectivity index (χ3n) is 3.47. The Balaban J connectivity index is 1.92. The fourth-order valence-electron chi connectivity index (χ4n) is 2.29. The molecular weight excluding hydrogens is 376 g/mol. The van der Waals surface area contributed by atoms with Gasteiger partial charge in [-0.3, -0.25) is 9.52 Å². The van der Waals surface area contributed by atoms with E-state index in [4.69, 9.17) is 16.3 Å². The molecule has 0 aliphatic carbocycles. The maximum atomic E-state index is 12.3. The van der Waals surface area contributed by atoms with Gasteiger partial charge in [0.1, 0.15) is 0 Å². The van der Waals surface area contributed by atoms with Crippen LogP contribution in [-0.2, 0) is 31.7 Å². The minimum Gasteiger partial charge on any atom is -0.383 e. The summed E-state index contributed by atoms with van der Waals surface area (Å²) < 4.78 is 31.9. The number of ether oxygens (including phenoxy) is 1. The van der Waals surface area contributed by atoms with Crippen molar-refractivity contribution in [2.24, 2.45) is 0 Å². The van der Waals surface area contributed by atoms with Gasteiger partial charge in [0, 0.05) is 24.4 Å². The first kappa shape index (κ1) is 20.2. The van der Waals surface area contributed by atoms with Crippen molar-refractivity contribution in [3.8, 4) is 0 Å². The molecule has 6 nitrogen and oxygen atoms in total. The molecule has 140 valence electrons. The molecule has 2 N–H and O–H groups in total. The number of halogens is 1. The minimum atomic E-state index is -3.56. The van der Waals surface area contributed by atoms with Crippen molar-refractivity contribution in [1.82, 2.24) is 5.32 Å². The zero-order chi connectivity index (χ0) is 19.0. The van der Waals surface area contributed by atoms with E-state index in [0.717, 1.165) is 5.56 Å². The number of rotatable bonds is 9. The SMILES string of the molecule is COCCNC(=O)Cc1ccc(NS(=O)(=O)Cc2cccc(Cl)c2)cc1. The van der Waals surface area contributed by atoms with Crippen LogP contribution in [0.5, 0.6) is 0 Å². The Labute approximate surface area is 158 Å². The molecule has 0 atom stereocenters. The summed E-state index contributed by atoms with van der Waals surface area (Å²) in [6.07, 6.45) is 0.221. The number of nitrogens with one attached hydrogen (secondary N) is 2. The normalized spacial score (nSPS) is 11.2. The van der Waals surface area contributed by atoms with Crippen LogP contribution in [0.25, 0.3) is 0 Å². The molecule has 2 aromatic rings. The van der Waals surface area contributed by atoms with Crippen molar-refractivity contribution in [1.29, 1.82) is 0 Å². The number of hydrogen-bond acceptors (Lipinski definition) is 4. The largest absolute Gasteiger partial charge is 0.383 e. The molecule has 0 fully saturated rings. The van der Waals surface area contributed by atoms with Crippen LogP contribution in [0.3, 0.4) is 0 Å². The van der Waals surface area contributed by atoms with E-state index in [0.29, 0.717) is 29.4 Å². The highest BCUT2D eigenvalue weighted by Gasteiger charge is 2.12. The topological polar surface area (TPSA) is 84.5 Å². The predicted octanol–water partition coefficient (Wildman–Crippen LogP) is 2.59. The van der Waals surface area contributed by atoms with Crippen molar-refractivity contribution < 1.29 is 17.9 Å². The molecular formula is C18H21ClN2O4S. The second-order valence-electron chi connectivity index (χ2n) is 5.71. The van der Waals surface area contributed by atoms with Gasteiger partial charge in [0.05, 0.1) is 18.8 Å². The van der Waals surface area contributed by atoms with Crippen molar-refractivity contribution in [3.05, 3.63) is 64.7 Å². The fraction of sp³-hybridized carbons (Fsp3) is 0.278. The zero-order valence-electron chi connectivity index (χ0n) is 14.4. The number of carbonyl (C=O) groups is 1. The molecule has 0 aliphatic rings. The van der Waals surface area contributed by atoms with Crippen LogP contribution in [0.4, 0.5) is 5.69 Å². The zero-order valence-corrected chi connectivity index (χ0v) is 15.9. The number of hydrogen-bond donors (Lipinski definition) is 2. The van der Waals surface area contributed by atoms with Crippen molar-refractivity contribution in [2.45, 2.75) is 12.2 Å². The second kappa shape index (κ2) is 9.56. The first-order valence-corrected chi connectivity index (χ1v) is 10.0. The Morgan fingerprint density at radius 2 is 1.85 bits per heavy atom. The monoisotopic (exact) mass is 396 g/mol. The van der Waals surface area contributed by atoms with E-state index in [1.54, 1.807) is 55.6 Å². The highest BCUT2D eigenvalue weighted by Crippen LogP contribution is 2.16. The van der Waals surface area contributed by atoms with Crippen LogP contribution < -0.4 is 10.0 Å². The van der Waals surface area contributed by atoms with E-state index in [9.17, 15) is 13.2 Å². The quantitative estimate of drug-likeness (QED) is 0.638. The molecule has 0 bridgehead atoms. The van der Waals surface area contributed by atoms with Crippen LogP contribution in [-0.4, -0.2) is 34.6 Å². The number of anilines is 1. The maximum Gasteiger partial charge on any atom is 0.236 e. The second-order valence-corrected chi connectivity index (χ2v) is 7.87. The molecule has 0 saturated heterocycles. The van der Waals surface area contributed by atoms with Gasteiger partial charge in [-0.1, -0.05) is 35.9 Å². The maximum absolute atomic E-state index is 12.3. The van der Waals surface area contributed by atoms with Crippen LogP contribution in [0.15, 0.2) is 48.5 Å². The van der Waals surface area contributed by atoms with Gasteiger partial charge in [-0.25, -0.2) is 8.42 Å². The Bertz CT molecular complexity index is 839. The lowest BCUT2D eigenvalue weighted by Gasteiger charge is -2.09. The summed E-state index contributed by atoms with van der Waals surface area (Å²) in [6, 6.07) is 13.4. The van der Waals surface area contributed by atoms with E-state index in [1.165, 1.54) is 0 Å². The third-order valence-corrected chi connectivity index (χ3v) is 4.96. The number of carbonyl (C=O) groups excluding carboxylic acids is 1. The summed E-state index contributed by atoms with van der Waals surface area (Å²) in [4.78, 5) is 11.7. The first-order valence-electron chi connectivity index (χ1n) is 7.97. The Hall–Kier alpha value is -2.09. The van der Waals surface area contributed by atoms with Crippen LogP contribution in [0.2, 0.25) is 5.02 Å². The molecule has 26 heavy (non-hydrogen) atoms. The van der Waals surface area contributed by atoms with E-state index >= 15 is 0 Å². The highest BCUT2D eigenvalue weighted by atomic mass is 35.5. The molecule has 2 rings (SSSR count). The van der Waals surface area contributed by atoms with Crippen LogP contribution in [0, 0.1) is 0 Å². The number of amides is 1. The lowest BCUT2D eigenvalue weighted by atomic mass is 10.1. The summed E-state index contributed by atoms with van der Waals surface area (Å²) in [5.74, 6) is -0.284. The molecule has 0 radical (unpaired) electrons. The summed E-state index contributed by atoms with van der Waals surface area (Å²) in [5.41, 5.74) is 1.84. The average molecular weight is 397 g/mol. The van der Waals surface area contributed by atoms with Gasteiger partial charge >= 0.3 is 0 Å². The van der Waals surface area contributed by atoms with Crippen LogP contribution in [0.1, 0.15) is 11.1 Å². The smallest absolute Gasteiger partial charge is 0.236 e. The van der Waals surface area contributed by atoms with E-state index in [-0.39, 0.29) is 18.1 Å². The van der Waals surface area contributed by atoms with Crippen molar-refractivity contribution in [2.75, 3.05) is 25.0 Å². The molecule has 0 spiro atoms. The van der Waals surface area contributed by atoms with Gasteiger partial charge in [0.15, 0.2) is 0 Å². The standard InChI is InChI=1S/C18H21ClN2O4S/c1-25-10-9-20-18(22)12-14-5-7-17(8-6-14)21-26(23,24)13-15-3-2-4-16(19)11-15/h2-8,11,21H,9-10,12-13H2,1H3,(H,20,22). The Morgan fingerprint density at radius 3 is 2.50 bits per heavy atom. The van der Waals surface area contributed by atoms with Crippen molar-refractivity contribution in [3.63, 3.8) is 0 Å². The molecule has 1 amide bonds. The Kier molecular flexibility index (Phi) is 7.44. The molecule has 0 aliphatic heterocycles. The van der Waals surface area contributed by atoms with Gasteiger partial charge in [-0.05, 0) is 35.4 Å². The van der Waals surface area contributed by atoms with Crippen LogP contribution >= 0.6 is 11.6 Å². The lowest BCUT2D eigenvalue weighted by Crippen LogP contribution is -2.28. The number of benzene rings is 2. The summed E-state index contributed by atoms with van der Waals surface area (Å²) in [7, 11) is -1.99. The first-order chi connectivity index (χ1) is 12.4. The molecule has 8 heteroatoms. The fourth-order valence-corrected chi connectivity index (χ4v) is 3.69. The van der Waals surface area contributed by atoms with Gasteiger partial charge in [-0.15, -0.1) is 0 Å². The van der Waals surface area contributed by atoms with E-state index < -0.39 is 10.0 Å². The van der Waals surface area contributed by atoms with Gasteiger partial charge in [0.2, 0.25) is 15.9 Å². The van der Waals surface area contributed by atoms with Gasteiger partial charge in [-0.2, -0.15) is 0 Å². The van der Waals surface area contributed by atoms with Gasteiger partial charge in [0.25, 0.3) is 0 Å².